The van der Waals surface area contributed by atoms with Gasteiger partial charge in [0.25, 0.3) is 0 Å². The first-order valence-electron chi connectivity index (χ1n) is 7.15. The molecule has 0 amide bonds. The molecule has 0 aliphatic heterocycles. The summed E-state index contributed by atoms with van der Waals surface area (Å²) in [5.41, 5.74) is 1.90. The second-order valence-corrected chi connectivity index (χ2v) is 10.3. The van der Waals surface area contributed by atoms with Crippen LogP contribution in [0, 0.1) is 0 Å². The molecule has 0 aliphatic rings. The molecular formula is C17H16BrN2O2P. The van der Waals surface area contributed by atoms with E-state index in [1.54, 1.807) is 13.3 Å². The van der Waals surface area contributed by atoms with Crippen molar-refractivity contribution in [2.45, 2.75) is 6.29 Å². The van der Waals surface area contributed by atoms with Crippen molar-refractivity contribution in [1.29, 1.82) is 0 Å². The molecule has 1 aromatic heterocycles. The van der Waals surface area contributed by atoms with Gasteiger partial charge in [0.15, 0.2) is 0 Å². The summed E-state index contributed by atoms with van der Waals surface area (Å²) in [5.74, 6) is 0. The van der Waals surface area contributed by atoms with Crippen molar-refractivity contribution in [3.05, 3.63) is 63.5 Å². The van der Waals surface area contributed by atoms with Crippen molar-refractivity contribution in [2.24, 2.45) is 0 Å². The average molecular weight is 391 g/mol. The maximum Gasteiger partial charge on any atom is 0.349 e. The van der Waals surface area contributed by atoms with Gasteiger partial charge in [-0.25, -0.2) is 4.79 Å². The first-order chi connectivity index (χ1) is 10.8. The molecule has 0 saturated carbocycles. The molecule has 0 atom stereocenters. The molecular weight excluding hydrogens is 375 g/mol. The average Bonchev–Trinajstić information content (AvgIpc) is 2.49. The van der Waals surface area contributed by atoms with Crippen LogP contribution in [0.3, 0.4) is 0 Å². The lowest BCUT2D eigenvalue weighted by Crippen LogP contribution is -2.24. The second-order valence-electron chi connectivity index (χ2n) is 5.91. The molecule has 4 nitrogen and oxygen atoms in total. The summed E-state index contributed by atoms with van der Waals surface area (Å²) in [4.78, 5) is 16.8. The van der Waals surface area contributed by atoms with Gasteiger partial charge < -0.3 is 4.57 Å². The molecule has 0 saturated heterocycles. The summed E-state index contributed by atoms with van der Waals surface area (Å²) in [7, 11) is -2.41. The number of aromatic nitrogens is 2. The minimum Gasteiger partial charge on any atom is -0.322 e. The van der Waals surface area contributed by atoms with Gasteiger partial charge in [-0.15, -0.1) is 0 Å². The van der Waals surface area contributed by atoms with Crippen molar-refractivity contribution >= 4 is 34.0 Å². The molecule has 23 heavy (non-hydrogen) atoms. The first kappa shape index (κ1) is 16.2. The fourth-order valence-electron chi connectivity index (χ4n) is 2.55. The van der Waals surface area contributed by atoms with Crippen molar-refractivity contribution in [2.75, 3.05) is 13.3 Å². The van der Waals surface area contributed by atoms with Crippen LogP contribution in [0.15, 0.2) is 57.8 Å². The number of fused-ring (bicyclic) bond motifs is 1. The molecule has 0 unspecified atom stereocenters. The number of rotatable bonds is 3. The third-order valence-electron chi connectivity index (χ3n) is 3.47. The van der Waals surface area contributed by atoms with Gasteiger partial charge in [0, 0.05) is 15.4 Å². The normalized spacial score (nSPS) is 11.8. The topological polar surface area (TPSA) is 52.0 Å². The molecule has 118 valence electrons. The number of benzene rings is 2. The molecule has 1 heterocycles. The van der Waals surface area contributed by atoms with Gasteiger partial charge >= 0.3 is 5.69 Å². The zero-order valence-corrected chi connectivity index (χ0v) is 15.3. The summed E-state index contributed by atoms with van der Waals surface area (Å²) in [6.07, 6.45) is 0.187. The van der Waals surface area contributed by atoms with Crippen molar-refractivity contribution in [3.63, 3.8) is 0 Å². The van der Waals surface area contributed by atoms with E-state index in [9.17, 15) is 9.36 Å². The van der Waals surface area contributed by atoms with E-state index >= 15 is 0 Å². The smallest absolute Gasteiger partial charge is 0.322 e. The molecule has 0 aliphatic carbocycles. The Kier molecular flexibility index (Phi) is 4.26. The standard InChI is InChI=1S/C17H16BrN2O2P/c1-23(2,22)11-20-15-9-8-13(18)10-14(15)16(19-17(20)21)12-6-4-3-5-7-12/h3-10H,11H2,1-2H3. The van der Waals surface area contributed by atoms with Gasteiger partial charge in [-0.05, 0) is 31.5 Å². The molecule has 6 heteroatoms. The van der Waals surface area contributed by atoms with Crippen LogP contribution in [0.2, 0.25) is 0 Å². The monoisotopic (exact) mass is 390 g/mol. The summed E-state index contributed by atoms with van der Waals surface area (Å²) < 4.78 is 14.6. The number of nitrogens with zero attached hydrogens (tertiary/aromatic N) is 2. The molecule has 0 bridgehead atoms. The minimum atomic E-state index is -2.41. The Hall–Kier alpha value is -1.71. The summed E-state index contributed by atoms with van der Waals surface area (Å²) >= 11 is 3.47. The minimum absolute atomic E-state index is 0.187. The highest BCUT2D eigenvalue weighted by atomic mass is 79.9. The Labute approximate surface area is 142 Å². The van der Waals surface area contributed by atoms with E-state index in [1.165, 1.54) is 4.57 Å². The summed E-state index contributed by atoms with van der Waals surface area (Å²) in [6.45, 7) is 3.35. The van der Waals surface area contributed by atoms with Crippen molar-refractivity contribution < 1.29 is 4.57 Å². The van der Waals surface area contributed by atoms with E-state index in [1.807, 2.05) is 48.5 Å². The summed E-state index contributed by atoms with van der Waals surface area (Å²) in [6, 6.07) is 15.3. The van der Waals surface area contributed by atoms with E-state index in [0.717, 1.165) is 20.9 Å². The van der Waals surface area contributed by atoms with Crippen LogP contribution in [0.1, 0.15) is 0 Å². The quantitative estimate of drug-likeness (QED) is 0.622. The van der Waals surface area contributed by atoms with E-state index in [-0.39, 0.29) is 12.0 Å². The molecule has 0 spiro atoms. The summed E-state index contributed by atoms with van der Waals surface area (Å²) in [5, 5.41) is 0.860. The highest BCUT2D eigenvalue weighted by Crippen LogP contribution is 2.39. The van der Waals surface area contributed by atoms with Crippen LogP contribution in [0.25, 0.3) is 22.2 Å². The Morgan fingerprint density at radius 1 is 1.13 bits per heavy atom. The Bertz CT molecular complexity index is 977. The SMILES string of the molecule is CP(C)(=O)Cn1c(=O)nc(-c2ccccc2)c2cc(Br)ccc21. The zero-order chi connectivity index (χ0) is 16.6. The largest absolute Gasteiger partial charge is 0.349 e. The van der Waals surface area contributed by atoms with Crippen LogP contribution in [-0.4, -0.2) is 22.9 Å². The van der Waals surface area contributed by atoms with Crippen molar-refractivity contribution in [1.82, 2.24) is 9.55 Å². The lowest BCUT2D eigenvalue weighted by Gasteiger charge is -2.15. The maximum absolute atomic E-state index is 12.5. The first-order valence-corrected chi connectivity index (χ1v) is 10.7. The lowest BCUT2D eigenvalue weighted by atomic mass is 10.1. The van der Waals surface area contributed by atoms with Crippen molar-refractivity contribution in [3.8, 4) is 11.3 Å². The van der Waals surface area contributed by atoms with E-state index in [4.69, 9.17) is 0 Å². The van der Waals surface area contributed by atoms with Gasteiger partial charge in [-0.1, -0.05) is 46.3 Å². The zero-order valence-electron chi connectivity index (χ0n) is 12.9. The van der Waals surface area contributed by atoms with Crippen LogP contribution in [-0.2, 0) is 10.9 Å². The predicted molar refractivity (Wildman–Crippen MR) is 98.6 cm³/mol. The third kappa shape index (κ3) is 3.46. The molecule has 3 aromatic rings. The second kappa shape index (κ2) is 6.06. The van der Waals surface area contributed by atoms with Crippen LogP contribution in [0.5, 0.6) is 0 Å². The Balaban J connectivity index is 2.37. The van der Waals surface area contributed by atoms with Gasteiger partial charge in [-0.2, -0.15) is 4.98 Å². The van der Waals surface area contributed by atoms with Crippen LogP contribution in [0.4, 0.5) is 0 Å². The van der Waals surface area contributed by atoms with Gasteiger partial charge in [0.05, 0.1) is 17.5 Å². The molecule has 2 aromatic carbocycles. The molecule has 3 rings (SSSR count). The predicted octanol–water partition coefficient (Wildman–Crippen LogP) is 4.41. The van der Waals surface area contributed by atoms with Crippen LogP contribution >= 0.6 is 23.1 Å². The number of hydrogen-bond donors (Lipinski definition) is 0. The highest BCUT2D eigenvalue weighted by molar-refractivity contribution is 9.10. The van der Waals surface area contributed by atoms with Gasteiger partial charge in [0.1, 0.15) is 7.14 Å². The fraction of sp³-hybridized carbons (Fsp3) is 0.176. The number of hydrogen-bond acceptors (Lipinski definition) is 3. The molecule has 0 fully saturated rings. The number of halogens is 1. The third-order valence-corrected chi connectivity index (χ3v) is 4.93. The maximum atomic E-state index is 12.5. The molecule has 0 N–H and O–H groups in total. The van der Waals surface area contributed by atoms with Gasteiger partial charge in [-0.3, -0.25) is 4.57 Å². The van der Waals surface area contributed by atoms with E-state index in [0.29, 0.717) is 5.69 Å². The Morgan fingerprint density at radius 2 is 1.83 bits per heavy atom. The fourth-order valence-corrected chi connectivity index (χ4v) is 3.86. The lowest BCUT2D eigenvalue weighted by molar-refractivity contribution is 0.573. The Morgan fingerprint density at radius 3 is 2.48 bits per heavy atom. The van der Waals surface area contributed by atoms with E-state index < -0.39 is 7.14 Å². The molecule has 0 radical (unpaired) electrons. The van der Waals surface area contributed by atoms with Gasteiger partial charge in [0.2, 0.25) is 0 Å². The van der Waals surface area contributed by atoms with E-state index in [2.05, 4.69) is 20.9 Å². The highest BCUT2D eigenvalue weighted by Gasteiger charge is 2.16. The van der Waals surface area contributed by atoms with Crippen LogP contribution < -0.4 is 5.69 Å².